The molecule has 0 aromatic carbocycles. The highest BCUT2D eigenvalue weighted by Crippen LogP contribution is 2.46. The zero-order valence-electron chi connectivity index (χ0n) is 17.5. The molecule has 2 heterocycles. The summed E-state index contributed by atoms with van der Waals surface area (Å²) in [6, 6.07) is 3.84. The molecule has 30 heavy (non-hydrogen) atoms. The largest absolute Gasteiger partial charge is 0.468 e. The summed E-state index contributed by atoms with van der Waals surface area (Å²) in [6.45, 7) is 3.74. The van der Waals surface area contributed by atoms with Crippen LogP contribution in [-0.2, 0) is 23.9 Å². The predicted octanol–water partition coefficient (Wildman–Crippen LogP) is 3.85. The van der Waals surface area contributed by atoms with Crippen LogP contribution in [0.25, 0.3) is 0 Å². The first-order valence-corrected chi connectivity index (χ1v) is 11.4. The van der Waals surface area contributed by atoms with Gasteiger partial charge in [-0.05, 0) is 56.4 Å². The van der Waals surface area contributed by atoms with Gasteiger partial charge in [-0.15, -0.1) is 11.3 Å². The molecule has 1 aromatic heterocycles. The monoisotopic (exact) mass is 429 g/mol. The fourth-order valence-corrected chi connectivity index (χ4v) is 5.76. The van der Waals surface area contributed by atoms with E-state index in [1.807, 2.05) is 31.4 Å². The van der Waals surface area contributed by atoms with Gasteiger partial charge in [-0.25, -0.2) is 4.79 Å². The molecule has 2 aliphatic carbocycles. The van der Waals surface area contributed by atoms with E-state index in [4.69, 9.17) is 9.47 Å². The van der Waals surface area contributed by atoms with Gasteiger partial charge in [0.15, 0.2) is 5.78 Å². The van der Waals surface area contributed by atoms with E-state index in [-0.39, 0.29) is 23.8 Å². The number of hydrogen-bond donors (Lipinski definition) is 1. The van der Waals surface area contributed by atoms with Gasteiger partial charge in [0.1, 0.15) is 12.0 Å². The molecule has 4 rings (SSSR count). The van der Waals surface area contributed by atoms with E-state index < -0.39 is 17.8 Å². The molecule has 160 valence electrons. The molecule has 0 spiro atoms. The van der Waals surface area contributed by atoms with Crippen molar-refractivity contribution >= 4 is 29.1 Å². The second-order valence-electron chi connectivity index (χ2n) is 8.36. The highest BCUT2D eigenvalue weighted by molar-refractivity contribution is 7.10. The maximum Gasteiger partial charge on any atom is 0.337 e. The smallest absolute Gasteiger partial charge is 0.337 e. The number of carbonyl (C=O) groups is 3. The summed E-state index contributed by atoms with van der Waals surface area (Å²) in [5.41, 5.74) is 2.47. The highest BCUT2D eigenvalue weighted by Gasteiger charge is 2.47. The Balaban J connectivity index is 1.76. The second-order valence-corrected chi connectivity index (χ2v) is 9.34. The van der Waals surface area contributed by atoms with Crippen LogP contribution in [-0.4, -0.2) is 30.9 Å². The standard InChI is InChI=1S/C23H27NO5S/c1-12-11-15-19(21(25)17(12)22(26)28-3)20(16-9-6-10-30-16)18(13(2)24-15)23(27)29-14-7-4-5-8-14/h6,9-10,12,14,17,20,24H,4-5,7-8,11H2,1-3H3. The first-order valence-electron chi connectivity index (χ1n) is 10.5. The third-order valence-electron chi connectivity index (χ3n) is 6.37. The summed E-state index contributed by atoms with van der Waals surface area (Å²) in [5, 5.41) is 5.23. The number of carbonyl (C=O) groups excluding carboxylic acids is 3. The minimum Gasteiger partial charge on any atom is -0.468 e. The zero-order valence-corrected chi connectivity index (χ0v) is 18.3. The molecule has 0 saturated heterocycles. The summed E-state index contributed by atoms with van der Waals surface area (Å²) < 4.78 is 10.7. The van der Waals surface area contributed by atoms with Crippen LogP contribution < -0.4 is 5.32 Å². The van der Waals surface area contributed by atoms with Crippen molar-refractivity contribution < 1.29 is 23.9 Å². The van der Waals surface area contributed by atoms with E-state index >= 15 is 0 Å². The third kappa shape index (κ3) is 3.60. The van der Waals surface area contributed by atoms with Crippen molar-refractivity contribution in [1.82, 2.24) is 5.32 Å². The van der Waals surface area contributed by atoms with Gasteiger partial charge in [0, 0.05) is 21.8 Å². The molecule has 1 fully saturated rings. The van der Waals surface area contributed by atoms with Crippen molar-refractivity contribution in [1.29, 1.82) is 0 Å². The lowest BCUT2D eigenvalue weighted by molar-refractivity contribution is -0.151. The van der Waals surface area contributed by atoms with Gasteiger partial charge >= 0.3 is 11.9 Å². The van der Waals surface area contributed by atoms with Gasteiger partial charge in [0.05, 0.1) is 18.6 Å². The molecule has 1 N–H and O–H groups in total. The Morgan fingerprint density at radius 3 is 2.60 bits per heavy atom. The number of allylic oxidation sites excluding steroid dienone is 3. The van der Waals surface area contributed by atoms with E-state index in [0.717, 1.165) is 36.3 Å². The van der Waals surface area contributed by atoms with Crippen LogP contribution >= 0.6 is 11.3 Å². The normalized spacial score (nSPS) is 27.0. The van der Waals surface area contributed by atoms with Crippen LogP contribution in [0.2, 0.25) is 0 Å². The number of esters is 2. The van der Waals surface area contributed by atoms with E-state index in [2.05, 4.69) is 5.32 Å². The van der Waals surface area contributed by atoms with Gasteiger partial charge in [-0.1, -0.05) is 13.0 Å². The van der Waals surface area contributed by atoms with E-state index in [1.54, 1.807) is 0 Å². The number of hydrogen-bond acceptors (Lipinski definition) is 7. The van der Waals surface area contributed by atoms with Crippen molar-refractivity contribution in [3.63, 3.8) is 0 Å². The Hall–Kier alpha value is -2.41. The quantitative estimate of drug-likeness (QED) is 0.578. The minimum absolute atomic E-state index is 0.0675. The van der Waals surface area contributed by atoms with Gasteiger partial charge in [0.25, 0.3) is 0 Å². The minimum atomic E-state index is -0.858. The first kappa shape index (κ1) is 20.8. The average molecular weight is 430 g/mol. The number of rotatable bonds is 4. The van der Waals surface area contributed by atoms with E-state index in [1.165, 1.54) is 18.4 Å². The predicted molar refractivity (Wildman–Crippen MR) is 113 cm³/mol. The Bertz CT molecular complexity index is 923. The summed E-state index contributed by atoms with van der Waals surface area (Å²) in [5.74, 6) is -2.73. The number of thiophene rings is 1. The molecular weight excluding hydrogens is 402 g/mol. The SMILES string of the molecule is COC(=O)C1C(=O)C2=C(CC1C)NC(C)=C(C(=O)OC1CCCC1)C2c1cccs1. The maximum absolute atomic E-state index is 13.5. The molecule has 3 atom stereocenters. The van der Waals surface area contributed by atoms with Crippen LogP contribution in [0.4, 0.5) is 0 Å². The van der Waals surface area contributed by atoms with Crippen LogP contribution in [0.3, 0.4) is 0 Å². The van der Waals surface area contributed by atoms with E-state index in [0.29, 0.717) is 23.3 Å². The number of ether oxygens (including phenoxy) is 2. The van der Waals surface area contributed by atoms with Gasteiger partial charge in [0.2, 0.25) is 0 Å². The molecule has 0 bridgehead atoms. The lowest BCUT2D eigenvalue weighted by Crippen LogP contribution is -2.43. The summed E-state index contributed by atoms with van der Waals surface area (Å²) in [4.78, 5) is 40.0. The first-order chi connectivity index (χ1) is 14.4. The molecular formula is C23H27NO5S. The van der Waals surface area contributed by atoms with Crippen LogP contribution in [0.5, 0.6) is 0 Å². The van der Waals surface area contributed by atoms with Crippen molar-refractivity contribution in [2.24, 2.45) is 11.8 Å². The van der Waals surface area contributed by atoms with Gasteiger partial charge in [-0.2, -0.15) is 0 Å². The molecule has 1 aromatic rings. The molecule has 6 nitrogen and oxygen atoms in total. The Morgan fingerprint density at radius 2 is 1.97 bits per heavy atom. The number of methoxy groups -OCH3 is 1. The Kier molecular flexibility index (Phi) is 5.82. The Morgan fingerprint density at radius 1 is 1.23 bits per heavy atom. The fourth-order valence-electron chi connectivity index (χ4n) is 4.91. The number of ketones is 1. The molecule has 1 saturated carbocycles. The highest BCUT2D eigenvalue weighted by atomic mass is 32.1. The molecule has 3 aliphatic rings. The molecule has 1 aliphatic heterocycles. The molecule has 0 radical (unpaired) electrons. The zero-order chi connectivity index (χ0) is 21.4. The van der Waals surface area contributed by atoms with Crippen molar-refractivity contribution in [3.8, 4) is 0 Å². The topological polar surface area (TPSA) is 81.7 Å². The van der Waals surface area contributed by atoms with E-state index in [9.17, 15) is 14.4 Å². The molecule has 0 amide bonds. The fraction of sp³-hybridized carbons (Fsp3) is 0.522. The summed E-state index contributed by atoms with van der Waals surface area (Å²) >= 11 is 1.50. The third-order valence-corrected chi connectivity index (χ3v) is 7.30. The lowest BCUT2D eigenvalue weighted by Gasteiger charge is -2.38. The summed E-state index contributed by atoms with van der Waals surface area (Å²) in [6.07, 6.45) is 4.37. The molecule has 3 unspecified atom stereocenters. The number of nitrogens with one attached hydrogen (secondary N) is 1. The van der Waals surface area contributed by atoms with Crippen LogP contribution in [0, 0.1) is 11.8 Å². The number of Topliss-reactive ketones (excluding diaryl/α,β-unsaturated/α-hetero) is 1. The van der Waals surface area contributed by atoms with Crippen molar-refractivity contribution in [3.05, 3.63) is 44.9 Å². The van der Waals surface area contributed by atoms with Crippen molar-refractivity contribution in [2.75, 3.05) is 7.11 Å². The van der Waals surface area contributed by atoms with Gasteiger partial charge in [-0.3, -0.25) is 9.59 Å². The number of dihydropyridines is 1. The summed E-state index contributed by atoms with van der Waals surface area (Å²) in [7, 11) is 1.30. The van der Waals surface area contributed by atoms with Crippen LogP contribution in [0.15, 0.2) is 40.1 Å². The Labute approximate surface area is 180 Å². The lowest BCUT2D eigenvalue weighted by atomic mass is 9.70. The average Bonchev–Trinajstić information content (AvgIpc) is 3.40. The van der Waals surface area contributed by atoms with Crippen molar-refractivity contribution in [2.45, 2.75) is 58.0 Å². The van der Waals surface area contributed by atoms with Gasteiger partial charge < -0.3 is 14.8 Å². The maximum atomic E-state index is 13.5. The second kappa shape index (κ2) is 8.38. The molecule has 7 heteroatoms. The van der Waals surface area contributed by atoms with Crippen LogP contribution in [0.1, 0.15) is 56.7 Å².